The van der Waals surface area contributed by atoms with Gasteiger partial charge < -0.3 is 10.2 Å². The smallest absolute Gasteiger partial charge is 0.167 e. The normalized spacial score (nSPS) is 12.3. The SMILES string of the molecule is Cc1nnc(NC(C)CN(C)C)c(C#N)c1C. The van der Waals surface area contributed by atoms with Crippen molar-refractivity contribution < 1.29 is 0 Å². The maximum absolute atomic E-state index is 9.15. The summed E-state index contributed by atoms with van der Waals surface area (Å²) in [6, 6.07) is 2.40. The van der Waals surface area contributed by atoms with E-state index in [-0.39, 0.29) is 6.04 Å². The second-order valence-corrected chi connectivity index (χ2v) is 4.55. The average molecular weight is 233 g/mol. The highest BCUT2D eigenvalue weighted by Crippen LogP contribution is 2.17. The van der Waals surface area contributed by atoms with E-state index in [1.54, 1.807) is 0 Å². The van der Waals surface area contributed by atoms with E-state index in [1.165, 1.54) is 0 Å². The third-order valence-electron chi connectivity index (χ3n) is 2.59. The van der Waals surface area contributed by atoms with Crippen molar-refractivity contribution in [3.05, 3.63) is 16.8 Å². The summed E-state index contributed by atoms with van der Waals surface area (Å²) < 4.78 is 0. The predicted molar refractivity (Wildman–Crippen MR) is 67.9 cm³/mol. The Kier molecular flexibility index (Phi) is 4.41. The number of aromatic nitrogens is 2. The van der Waals surface area contributed by atoms with Crippen LogP contribution in [-0.4, -0.2) is 41.8 Å². The highest BCUT2D eigenvalue weighted by molar-refractivity contribution is 5.56. The molecule has 92 valence electrons. The fourth-order valence-electron chi connectivity index (χ4n) is 1.67. The predicted octanol–water partition coefficient (Wildman–Crippen LogP) is 1.33. The van der Waals surface area contributed by atoms with E-state index in [0.29, 0.717) is 11.4 Å². The summed E-state index contributed by atoms with van der Waals surface area (Å²) in [5.41, 5.74) is 2.28. The molecule has 1 N–H and O–H groups in total. The van der Waals surface area contributed by atoms with Gasteiger partial charge >= 0.3 is 0 Å². The van der Waals surface area contributed by atoms with Crippen molar-refractivity contribution in [3.8, 4) is 6.07 Å². The van der Waals surface area contributed by atoms with E-state index in [0.717, 1.165) is 17.8 Å². The van der Waals surface area contributed by atoms with Crippen molar-refractivity contribution in [2.24, 2.45) is 0 Å². The maximum atomic E-state index is 9.15. The molecule has 0 spiro atoms. The second kappa shape index (κ2) is 5.60. The highest BCUT2D eigenvalue weighted by Gasteiger charge is 2.13. The molecule has 1 heterocycles. The summed E-state index contributed by atoms with van der Waals surface area (Å²) in [6.07, 6.45) is 0. The Hall–Kier alpha value is -1.67. The zero-order chi connectivity index (χ0) is 13.0. The van der Waals surface area contributed by atoms with Crippen molar-refractivity contribution in [3.63, 3.8) is 0 Å². The quantitative estimate of drug-likeness (QED) is 0.850. The first-order valence-electron chi connectivity index (χ1n) is 5.61. The average Bonchev–Trinajstić information content (AvgIpc) is 2.23. The molecule has 0 aliphatic heterocycles. The fourth-order valence-corrected chi connectivity index (χ4v) is 1.67. The number of hydrogen-bond donors (Lipinski definition) is 1. The van der Waals surface area contributed by atoms with Crippen LogP contribution in [0, 0.1) is 25.2 Å². The van der Waals surface area contributed by atoms with Gasteiger partial charge in [0.1, 0.15) is 11.6 Å². The van der Waals surface area contributed by atoms with E-state index in [4.69, 9.17) is 5.26 Å². The van der Waals surface area contributed by atoms with Crippen LogP contribution in [0.1, 0.15) is 23.7 Å². The Morgan fingerprint density at radius 2 is 2.00 bits per heavy atom. The van der Waals surface area contributed by atoms with Gasteiger partial charge in [0, 0.05) is 12.6 Å². The first-order chi connectivity index (χ1) is 7.95. The van der Waals surface area contributed by atoms with E-state index < -0.39 is 0 Å². The zero-order valence-electron chi connectivity index (χ0n) is 11.1. The molecule has 1 aromatic rings. The van der Waals surface area contributed by atoms with Crippen molar-refractivity contribution >= 4 is 5.82 Å². The molecule has 0 saturated carbocycles. The molecule has 1 atom stereocenters. The molecular weight excluding hydrogens is 214 g/mol. The number of hydrogen-bond acceptors (Lipinski definition) is 5. The molecule has 0 saturated heterocycles. The summed E-state index contributed by atoms with van der Waals surface area (Å²) in [5.74, 6) is 0.574. The minimum Gasteiger partial charge on any atom is -0.364 e. The molecule has 5 nitrogen and oxygen atoms in total. The Morgan fingerprint density at radius 1 is 1.35 bits per heavy atom. The van der Waals surface area contributed by atoms with Gasteiger partial charge in [-0.2, -0.15) is 10.4 Å². The van der Waals surface area contributed by atoms with Crippen molar-refractivity contribution in [2.45, 2.75) is 26.8 Å². The van der Waals surface area contributed by atoms with Gasteiger partial charge in [-0.05, 0) is 40.4 Å². The van der Waals surface area contributed by atoms with Gasteiger partial charge in [0.2, 0.25) is 0 Å². The summed E-state index contributed by atoms with van der Waals surface area (Å²) in [7, 11) is 4.02. The summed E-state index contributed by atoms with van der Waals surface area (Å²) in [5, 5.41) is 20.5. The Labute approximate surface area is 102 Å². The van der Waals surface area contributed by atoms with Crippen LogP contribution < -0.4 is 5.32 Å². The number of anilines is 1. The summed E-state index contributed by atoms with van der Waals surface area (Å²) >= 11 is 0. The number of aryl methyl sites for hydroxylation is 1. The monoisotopic (exact) mass is 233 g/mol. The maximum Gasteiger partial charge on any atom is 0.167 e. The van der Waals surface area contributed by atoms with E-state index in [9.17, 15) is 0 Å². The molecule has 0 aromatic carbocycles. The third-order valence-corrected chi connectivity index (χ3v) is 2.59. The molecular formula is C12H19N5. The molecule has 1 unspecified atom stereocenters. The van der Waals surface area contributed by atoms with Gasteiger partial charge in [0.15, 0.2) is 5.82 Å². The molecule has 1 rings (SSSR count). The van der Waals surface area contributed by atoms with E-state index in [1.807, 2.05) is 27.9 Å². The van der Waals surface area contributed by atoms with Gasteiger partial charge in [-0.25, -0.2) is 0 Å². The van der Waals surface area contributed by atoms with Gasteiger partial charge in [0.25, 0.3) is 0 Å². The van der Waals surface area contributed by atoms with Crippen LogP contribution in [0.5, 0.6) is 0 Å². The van der Waals surface area contributed by atoms with Crippen LogP contribution in [0.2, 0.25) is 0 Å². The molecule has 0 amide bonds. The number of nitrogens with zero attached hydrogens (tertiary/aromatic N) is 4. The molecule has 1 aromatic heterocycles. The standard InChI is InChI=1S/C12H19N5/c1-8(7-17(4)5)14-12-11(6-13)9(2)10(3)15-16-12/h8H,7H2,1-5H3,(H,14,16). The van der Waals surface area contributed by atoms with Crippen LogP contribution in [0.15, 0.2) is 0 Å². The van der Waals surface area contributed by atoms with Crippen molar-refractivity contribution in [1.29, 1.82) is 5.26 Å². The van der Waals surface area contributed by atoms with Crippen molar-refractivity contribution in [2.75, 3.05) is 26.0 Å². The number of rotatable bonds is 4. The number of likely N-dealkylation sites (N-methyl/N-ethyl adjacent to an activating group) is 1. The van der Waals surface area contributed by atoms with Crippen molar-refractivity contribution in [1.82, 2.24) is 15.1 Å². The van der Waals surface area contributed by atoms with Crippen LogP contribution in [0.25, 0.3) is 0 Å². The summed E-state index contributed by atoms with van der Waals surface area (Å²) in [6.45, 7) is 6.68. The Balaban J connectivity index is 2.92. The lowest BCUT2D eigenvalue weighted by Crippen LogP contribution is -2.30. The molecule has 17 heavy (non-hydrogen) atoms. The van der Waals surface area contributed by atoms with Crippen LogP contribution in [0.3, 0.4) is 0 Å². The molecule has 0 aliphatic carbocycles. The lowest BCUT2D eigenvalue weighted by molar-refractivity contribution is 0.391. The lowest BCUT2D eigenvalue weighted by Gasteiger charge is -2.19. The third kappa shape index (κ3) is 3.40. The second-order valence-electron chi connectivity index (χ2n) is 4.55. The molecule has 5 heteroatoms. The highest BCUT2D eigenvalue weighted by atomic mass is 15.2. The Bertz CT molecular complexity index is 433. The minimum atomic E-state index is 0.216. The fraction of sp³-hybridized carbons (Fsp3) is 0.583. The van der Waals surface area contributed by atoms with E-state index in [2.05, 4.69) is 33.4 Å². The van der Waals surface area contributed by atoms with Crippen LogP contribution >= 0.6 is 0 Å². The molecule has 0 bridgehead atoms. The van der Waals surface area contributed by atoms with Gasteiger partial charge in [-0.1, -0.05) is 0 Å². The number of nitriles is 1. The Morgan fingerprint density at radius 3 is 2.53 bits per heavy atom. The van der Waals surface area contributed by atoms with Crippen LogP contribution in [0.4, 0.5) is 5.82 Å². The summed E-state index contributed by atoms with van der Waals surface area (Å²) in [4.78, 5) is 2.08. The van der Waals surface area contributed by atoms with Gasteiger partial charge in [-0.15, -0.1) is 5.10 Å². The molecule has 0 radical (unpaired) electrons. The lowest BCUT2D eigenvalue weighted by atomic mass is 10.1. The number of nitrogens with one attached hydrogen (secondary N) is 1. The largest absolute Gasteiger partial charge is 0.364 e. The topological polar surface area (TPSA) is 64.8 Å². The zero-order valence-corrected chi connectivity index (χ0v) is 11.1. The first-order valence-corrected chi connectivity index (χ1v) is 5.61. The van der Waals surface area contributed by atoms with E-state index >= 15 is 0 Å². The molecule has 0 fully saturated rings. The van der Waals surface area contributed by atoms with Gasteiger partial charge in [-0.3, -0.25) is 0 Å². The van der Waals surface area contributed by atoms with Crippen LogP contribution in [-0.2, 0) is 0 Å². The first kappa shape index (κ1) is 13.4. The molecule has 0 aliphatic rings. The minimum absolute atomic E-state index is 0.216. The van der Waals surface area contributed by atoms with Gasteiger partial charge in [0.05, 0.1) is 5.69 Å².